The lowest BCUT2D eigenvalue weighted by Crippen LogP contribution is -2.33. The predicted molar refractivity (Wildman–Crippen MR) is 118 cm³/mol. The Morgan fingerprint density at radius 2 is 2.09 bits per heavy atom. The van der Waals surface area contributed by atoms with Gasteiger partial charge in [-0.3, -0.25) is 14.7 Å². The van der Waals surface area contributed by atoms with E-state index >= 15 is 0 Å². The molecule has 0 spiro atoms. The smallest absolute Gasteiger partial charge is 0.415 e. The van der Waals surface area contributed by atoms with Crippen molar-refractivity contribution in [3.8, 4) is 17.2 Å². The summed E-state index contributed by atoms with van der Waals surface area (Å²) in [6, 6.07) is 12.5. The van der Waals surface area contributed by atoms with E-state index in [2.05, 4.69) is 22.4 Å². The maximum Gasteiger partial charge on any atom is 0.415 e. The summed E-state index contributed by atoms with van der Waals surface area (Å²) in [5.41, 5.74) is 4.38. The first-order valence-corrected chi connectivity index (χ1v) is 11.3. The van der Waals surface area contributed by atoms with Crippen molar-refractivity contribution in [1.82, 2.24) is 10.3 Å². The van der Waals surface area contributed by atoms with E-state index in [0.717, 1.165) is 41.2 Å². The highest BCUT2D eigenvalue weighted by Crippen LogP contribution is 2.60. The van der Waals surface area contributed by atoms with Crippen molar-refractivity contribution >= 4 is 17.7 Å². The molecule has 0 bridgehead atoms. The Labute approximate surface area is 191 Å². The Kier molecular flexibility index (Phi) is 4.46. The quantitative estimate of drug-likeness (QED) is 0.707. The molecule has 1 saturated carbocycles. The molecule has 4 aliphatic rings. The molecule has 168 valence electrons. The molecule has 8 heteroatoms. The van der Waals surface area contributed by atoms with Crippen LogP contribution in [0.2, 0.25) is 0 Å². The molecule has 3 aliphatic heterocycles. The zero-order valence-electron chi connectivity index (χ0n) is 18.3. The number of carbonyl (C=O) groups excluding carboxylic acids is 2. The molecule has 2 aromatic rings. The van der Waals surface area contributed by atoms with Crippen molar-refractivity contribution in [2.45, 2.75) is 36.8 Å². The summed E-state index contributed by atoms with van der Waals surface area (Å²) in [7, 11) is 1.36. The third-order valence-corrected chi connectivity index (χ3v) is 7.82. The van der Waals surface area contributed by atoms with E-state index in [4.69, 9.17) is 9.47 Å². The molecule has 5 atom stereocenters. The first kappa shape index (κ1) is 20.2. The van der Waals surface area contributed by atoms with Crippen molar-refractivity contribution in [3.63, 3.8) is 0 Å². The van der Waals surface area contributed by atoms with Crippen molar-refractivity contribution in [3.05, 3.63) is 47.8 Å². The molecule has 4 heterocycles. The number of benzene rings is 1. The molecular weight excluding hydrogens is 420 g/mol. The highest BCUT2D eigenvalue weighted by molar-refractivity contribution is 5.94. The van der Waals surface area contributed by atoms with E-state index < -0.39 is 5.41 Å². The SMILES string of the molecule is COC(=O)CC[C@@H]1OC(=O)N2c3ccc(-c4ccc(C5(C#N)[C@@H]6CNC[C@@H]65)nc4)cc3C[C@@H]12. The van der Waals surface area contributed by atoms with Crippen LogP contribution in [-0.2, 0) is 26.1 Å². The summed E-state index contributed by atoms with van der Waals surface area (Å²) < 4.78 is 10.2. The van der Waals surface area contributed by atoms with Gasteiger partial charge in [-0.25, -0.2) is 4.79 Å². The van der Waals surface area contributed by atoms with E-state index in [0.29, 0.717) is 24.7 Å². The highest BCUT2D eigenvalue weighted by Gasteiger charge is 2.69. The number of fused-ring (bicyclic) bond motifs is 4. The zero-order valence-corrected chi connectivity index (χ0v) is 18.3. The summed E-state index contributed by atoms with van der Waals surface area (Å²) in [6.07, 6.45) is 2.51. The minimum Gasteiger partial charge on any atom is -0.469 e. The van der Waals surface area contributed by atoms with Gasteiger partial charge in [0.25, 0.3) is 0 Å². The number of esters is 1. The fourth-order valence-corrected chi connectivity index (χ4v) is 6.02. The number of hydrogen-bond donors (Lipinski definition) is 1. The zero-order chi connectivity index (χ0) is 22.7. The summed E-state index contributed by atoms with van der Waals surface area (Å²) in [6.45, 7) is 1.76. The van der Waals surface area contributed by atoms with Gasteiger partial charge in [-0.15, -0.1) is 0 Å². The number of nitrogens with zero attached hydrogens (tertiary/aromatic N) is 3. The molecule has 8 nitrogen and oxygen atoms in total. The van der Waals surface area contributed by atoms with Gasteiger partial charge in [0.05, 0.1) is 30.6 Å². The van der Waals surface area contributed by atoms with Crippen molar-refractivity contribution in [2.24, 2.45) is 11.8 Å². The number of anilines is 1. The van der Waals surface area contributed by atoms with Crippen molar-refractivity contribution < 1.29 is 19.1 Å². The predicted octanol–water partition coefficient (Wildman–Crippen LogP) is 2.56. The number of rotatable bonds is 5. The maximum absolute atomic E-state index is 12.5. The van der Waals surface area contributed by atoms with Gasteiger partial charge in [0, 0.05) is 43.1 Å². The summed E-state index contributed by atoms with van der Waals surface area (Å²) in [5, 5.41) is 13.2. The maximum atomic E-state index is 12.5. The van der Waals surface area contributed by atoms with Gasteiger partial charge in [0.15, 0.2) is 0 Å². The van der Waals surface area contributed by atoms with Crippen LogP contribution in [0, 0.1) is 23.2 Å². The van der Waals surface area contributed by atoms with Crippen LogP contribution in [0.25, 0.3) is 11.1 Å². The van der Waals surface area contributed by atoms with Gasteiger partial charge in [0.2, 0.25) is 0 Å². The summed E-state index contributed by atoms with van der Waals surface area (Å²) in [4.78, 5) is 30.4. The molecule has 3 fully saturated rings. The number of nitriles is 1. The van der Waals surface area contributed by atoms with Crippen LogP contribution in [0.1, 0.15) is 24.1 Å². The molecule has 1 N–H and O–H groups in total. The second-order valence-corrected chi connectivity index (χ2v) is 9.31. The first-order chi connectivity index (χ1) is 16.1. The second-order valence-electron chi connectivity index (χ2n) is 9.31. The monoisotopic (exact) mass is 444 g/mol. The van der Waals surface area contributed by atoms with E-state index in [9.17, 15) is 14.9 Å². The minimum absolute atomic E-state index is 0.105. The lowest BCUT2D eigenvalue weighted by Gasteiger charge is -2.16. The fourth-order valence-electron chi connectivity index (χ4n) is 6.02. The number of ether oxygens (including phenoxy) is 2. The van der Waals surface area contributed by atoms with Gasteiger partial charge < -0.3 is 14.8 Å². The molecule has 6 rings (SSSR count). The Morgan fingerprint density at radius 3 is 2.79 bits per heavy atom. The lowest BCUT2D eigenvalue weighted by atomic mass is 9.95. The molecule has 1 amide bonds. The standard InChI is InChI=1S/C25H24N4O4/c1-32-23(30)7-5-21-20-9-16-8-14(2-4-19(16)29(20)24(31)33-21)15-3-6-22(28-10-15)25(13-26)17-11-27-12-18(17)25/h2-4,6,8,10,17-18,20-21,27H,5,7,9,11-12H2,1H3/t17-,18+,20-,21-,25?/m0/s1. The number of cyclic esters (lactones) is 1. The second kappa shape index (κ2) is 7.29. The topological polar surface area (TPSA) is 105 Å². The number of hydrogen-bond acceptors (Lipinski definition) is 7. The van der Waals surface area contributed by atoms with Gasteiger partial charge in [-0.05, 0) is 42.2 Å². The molecule has 0 radical (unpaired) electrons. The number of piperidine rings is 1. The largest absolute Gasteiger partial charge is 0.469 e. The van der Waals surface area contributed by atoms with Gasteiger partial charge >= 0.3 is 12.1 Å². The number of pyridine rings is 1. The van der Waals surface area contributed by atoms with Gasteiger partial charge in [-0.1, -0.05) is 12.1 Å². The first-order valence-electron chi connectivity index (χ1n) is 11.3. The number of carbonyl (C=O) groups is 2. The normalized spacial score (nSPS) is 30.8. The summed E-state index contributed by atoms with van der Waals surface area (Å²) in [5.74, 6) is 0.421. The van der Waals surface area contributed by atoms with Crippen LogP contribution in [0.5, 0.6) is 0 Å². The number of nitrogens with one attached hydrogen (secondary N) is 1. The van der Waals surface area contributed by atoms with Crippen LogP contribution in [-0.4, -0.2) is 49.4 Å². The van der Waals surface area contributed by atoms with Crippen LogP contribution in [0.4, 0.5) is 10.5 Å². The Morgan fingerprint density at radius 1 is 1.30 bits per heavy atom. The Bertz CT molecular complexity index is 1180. The van der Waals surface area contributed by atoms with Crippen molar-refractivity contribution in [1.29, 1.82) is 5.26 Å². The molecule has 1 unspecified atom stereocenters. The average Bonchev–Trinajstić information content (AvgIpc) is 3.24. The average molecular weight is 444 g/mol. The van der Waals surface area contributed by atoms with E-state index in [1.165, 1.54) is 7.11 Å². The molecule has 1 aromatic heterocycles. The molecule has 1 aromatic carbocycles. The minimum atomic E-state index is -0.438. The van der Waals surface area contributed by atoms with Crippen LogP contribution < -0.4 is 10.2 Å². The molecule has 1 aliphatic carbocycles. The molecule has 33 heavy (non-hydrogen) atoms. The Balaban J connectivity index is 1.22. The number of aromatic nitrogens is 1. The van der Waals surface area contributed by atoms with Gasteiger partial charge in [-0.2, -0.15) is 5.26 Å². The van der Waals surface area contributed by atoms with Crippen LogP contribution >= 0.6 is 0 Å². The van der Waals surface area contributed by atoms with Crippen molar-refractivity contribution in [2.75, 3.05) is 25.1 Å². The fraction of sp³-hybridized carbons (Fsp3) is 0.440. The third-order valence-electron chi connectivity index (χ3n) is 7.82. The Hall–Kier alpha value is -3.44. The molecule has 2 saturated heterocycles. The van der Waals surface area contributed by atoms with E-state index in [-0.39, 0.29) is 30.6 Å². The van der Waals surface area contributed by atoms with Gasteiger partial charge in [0.1, 0.15) is 11.5 Å². The van der Waals surface area contributed by atoms with Crippen LogP contribution in [0.15, 0.2) is 36.5 Å². The summed E-state index contributed by atoms with van der Waals surface area (Å²) >= 11 is 0. The third kappa shape index (κ3) is 2.89. The van der Waals surface area contributed by atoms with E-state index in [1.807, 2.05) is 30.5 Å². The molecular formula is C25H24N4O4. The number of amides is 1. The number of methoxy groups -OCH3 is 1. The highest BCUT2D eigenvalue weighted by atomic mass is 16.6. The lowest BCUT2D eigenvalue weighted by molar-refractivity contribution is -0.141. The van der Waals surface area contributed by atoms with Crippen LogP contribution in [0.3, 0.4) is 0 Å². The van der Waals surface area contributed by atoms with E-state index in [1.54, 1.807) is 4.90 Å².